The molecule has 0 amide bonds. The van der Waals surface area contributed by atoms with E-state index in [4.69, 9.17) is 14.2 Å². The highest BCUT2D eigenvalue weighted by Crippen LogP contribution is 2.34. The van der Waals surface area contributed by atoms with Crippen LogP contribution in [0.1, 0.15) is 71.6 Å². The van der Waals surface area contributed by atoms with E-state index in [-0.39, 0.29) is 18.2 Å². The highest BCUT2D eigenvalue weighted by molar-refractivity contribution is 5.72. The topological polar surface area (TPSA) is 44.8 Å². The van der Waals surface area contributed by atoms with Crippen molar-refractivity contribution in [3.63, 3.8) is 0 Å². The van der Waals surface area contributed by atoms with Gasteiger partial charge >= 0.3 is 5.97 Å². The third-order valence-electron chi connectivity index (χ3n) is 5.23. The van der Waals surface area contributed by atoms with Gasteiger partial charge in [-0.25, -0.2) is 0 Å². The maximum atomic E-state index is 11.8. The van der Waals surface area contributed by atoms with Crippen molar-refractivity contribution in [1.82, 2.24) is 0 Å². The van der Waals surface area contributed by atoms with Crippen LogP contribution in [0.2, 0.25) is 0 Å². The largest absolute Gasteiger partial charge is 0.466 e. The minimum Gasteiger partial charge on any atom is -0.466 e. The number of esters is 1. The fourth-order valence-electron chi connectivity index (χ4n) is 3.74. The molecule has 1 aliphatic carbocycles. The van der Waals surface area contributed by atoms with Crippen LogP contribution in [0, 0.1) is 17.8 Å². The maximum absolute atomic E-state index is 11.8. The van der Waals surface area contributed by atoms with Gasteiger partial charge in [0, 0.05) is 11.8 Å². The van der Waals surface area contributed by atoms with Crippen LogP contribution in [0.25, 0.3) is 0 Å². The van der Waals surface area contributed by atoms with Gasteiger partial charge in [-0.05, 0) is 39.0 Å². The van der Waals surface area contributed by atoms with Crippen molar-refractivity contribution in [2.75, 3.05) is 19.8 Å². The van der Waals surface area contributed by atoms with E-state index in [0.717, 1.165) is 38.9 Å². The summed E-state index contributed by atoms with van der Waals surface area (Å²) in [6, 6.07) is 0. The molecule has 2 rings (SSSR count). The Kier molecular flexibility index (Phi) is 8.38. The molecule has 0 bridgehead atoms. The molecule has 0 aromatic carbocycles. The third-order valence-corrected chi connectivity index (χ3v) is 5.23. The summed E-state index contributed by atoms with van der Waals surface area (Å²) in [5.74, 6) is 1.07. The minimum absolute atomic E-state index is 0.0245. The lowest BCUT2D eigenvalue weighted by Crippen LogP contribution is -2.39. The fourth-order valence-corrected chi connectivity index (χ4v) is 3.74. The quantitative estimate of drug-likeness (QED) is 0.492. The Morgan fingerprint density at radius 1 is 1.00 bits per heavy atom. The average Bonchev–Trinajstić information content (AvgIpc) is 2.60. The summed E-state index contributed by atoms with van der Waals surface area (Å²) in [6.45, 7) is 6.27. The molecule has 0 spiro atoms. The van der Waals surface area contributed by atoms with Gasteiger partial charge in [0.05, 0.1) is 25.7 Å². The molecule has 0 unspecified atom stereocenters. The van der Waals surface area contributed by atoms with Crippen LogP contribution in [0.15, 0.2) is 0 Å². The van der Waals surface area contributed by atoms with Crippen LogP contribution in [-0.4, -0.2) is 32.1 Å². The zero-order chi connectivity index (χ0) is 16.5. The Labute approximate surface area is 141 Å². The Morgan fingerprint density at radius 3 is 2.30 bits per heavy atom. The van der Waals surface area contributed by atoms with Gasteiger partial charge in [-0.15, -0.1) is 0 Å². The summed E-state index contributed by atoms with van der Waals surface area (Å²) in [7, 11) is 0. The van der Waals surface area contributed by atoms with Crippen LogP contribution in [0.5, 0.6) is 0 Å². The zero-order valence-electron chi connectivity index (χ0n) is 14.9. The molecule has 0 atom stereocenters. The van der Waals surface area contributed by atoms with Gasteiger partial charge in [0.2, 0.25) is 0 Å². The van der Waals surface area contributed by atoms with Crippen molar-refractivity contribution < 1.29 is 19.0 Å². The van der Waals surface area contributed by atoms with Gasteiger partial charge in [0.25, 0.3) is 0 Å². The fraction of sp³-hybridized carbons (Fsp3) is 0.947. The number of hydrogen-bond acceptors (Lipinski definition) is 4. The molecule has 0 aromatic heterocycles. The summed E-state index contributed by atoms with van der Waals surface area (Å²) in [5, 5.41) is 0. The van der Waals surface area contributed by atoms with E-state index in [2.05, 4.69) is 6.92 Å². The molecule has 1 saturated heterocycles. The molecule has 0 radical (unpaired) electrons. The molecule has 0 aromatic rings. The second-order valence-electron chi connectivity index (χ2n) is 7.11. The van der Waals surface area contributed by atoms with Crippen LogP contribution < -0.4 is 0 Å². The van der Waals surface area contributed by atoms with E-state index in [1.807, 2.05) is 6.92 Å². The standard InChI is InChI=1S/C19H34O4/c1-3-5-6-7-8-15-13-22-19(23-14-15)17-11-9-16(10-12-17)18(20)21-4-2/h15-17,19H,3-14H2,1-2H3. The lowest BCUT2D eigenvalue weighted by Gasteiger charge is -2.37. The zero-order valence-corrected chi connectivity index (χ0v) is 14.9. The van der Waals surface area contributed by atoms with E-state index in [0.29, 0.717) is 18.4 Å². The molecular formula is C19H34O4. The van der Waals surface area contributed by atoms with E-state index in [1.165, 1.54) is 32.1 Å². The molecule has 1 aliphatic heterocycles. The first kappa shape index (κ1) is 18.7. The summed E-state index contributed by atoms with van der Waals surface area (Å²) >= 11 is 0. The highest BCUT2D eigenvalue weighted by Gasteiger charge is 2.34. The van der Waals surface area contributed by atoms with Crippen LogP contribution in [0.4, 0.5) is 0 Å². The number of hydrogen-bond donors (Lipinski definition) is 0. The Hall–Kier alpha value is -0.610. The first-order chi connectivity index (χ1) is 11.2. The van der Waals surface area contributed by atoms with Crippen LogP contribution in [0.3, 0.4) is 0 Å². The van der Waals surface area contributed by atoms with Gasteiger partial charge < -0.3 is 14.2 Å². The van der Waals surface area contributed by atoms with Gasteiger partial charge in [0.1, 0.15) is 0 Å². The van der Waals surface area contributed by atoms with E-state index in [9.17, 15) is 4.79 Å². The van der Waals surface area contributed by atoms with Gasteiger partial charge in [-0.3, -0.25) is 4.79 Å². The third kappa shape index (κ3) is 6.07. The van der Waals surface area contributed by atoms with Crippen molar-refractivity contribution in [2.24, 2.45) is 17.8 Å². The Morgan fingerprint density at radius 2 is 1.70 bits per heavy atom. The van der Waals surface area contributed by atoms with Crippen LogP contribution in [-0.2, 0) is 19.0 Å². The minimum atomic E-state index is -0.0509. The predicted octanol–water partition coefficient (Wildman–Crippen LogP) is 4.32. The first-order valence-electron chi connectivity index (χ1n) is 9.64. The lowest BCUT2D eigenvalue weighted by atomic mass is 9.81. The number of ether oxygens (including phenoxy) is 3. The van der Waals surface area contributed by atoms with E-state index < -0.39 is 0 Å². The number of carbonyl (C=O) groups excluding carboxylic acids is 1. The second kappa shape index (κ2) is 10.3. The van der Waals surface area contributed by atoms with Crippen molar-refractivity contribution in [1.29, 1.82) is 0 Å². The van der Waals surface area contributed by atoms with Crippen molar-refractivity contribution in [3.8, 4) is 0 Å². The molecule has 4 nitrogen and oxygen atoms in total. The Balaban J connectivity index is 1.62. The first-order valence-corrected chi connectivity index (χ1v) is 9.64. The Bertz CT molecular complexity index is 328. The molecule has 134 valence electrons. The summed E-state index contributed by atoms with van der Waals surface area (Å²) in [4.78, 5) is 11.8. The molecule has 2 fully saturated rings. The van der Waals surface area contributed by atoms with E-state index in [1.54, 1.807) is 0 Å². The summed E-state index contributed by atoms with van der Waals surface area (Å²) in [5.41, 5.74) is 0. The number of carbonyl (C=O) groups is 1. The lowest BCUT2D eigenvalue weighted by molar-refractivity contribution is -0.230. The number of unbranched alkanes of at least 4 members (excludes halogenated alkanes) is 3. The predicted molar refractivity (Wildman–Crippen MR) is 90.0 cm³/mol. The average molecular weight is 326 g/mol. The van der Waals surface area contributed by atoms with Crippen LogP contribution >= 0.6 is 0 Å². The van der Waals surface area contributed by atoms with Crippen molar-refractivity contribution in [2.45, 2.75) is 77.9 Å². The number of rotatable bonds is 8. The molecule has 23 heavy (non-hydrogen) atoms. The van der Waals surface area contributed by atoms with E-state index >= 15 is 0 Å². The maximum Gasteiger partial charge on any atom is 0.308 e. The normalized spacial score (nSPS) is 31.7. The van der Waals surface area contributed by atoms with Crippen molar-refractivity contribution >= 4 is 5.97 Å². The molecule has 4 heteroatoms. The second-order valence-corrected chi connectivity index (χ2v) is 7.11. The smallest absolute Gasteiger partial charge is 0.308 e. The monoisotopic (exact) mass is 326 g/mol. The molecule has 1 heterocycles. The summed E-state index contributed by atoms with van der Waals surface area (Å²) in [6.07, 6.45) is 10.3. The van der Waals surface area contributed by atoms with Gasteiger partial charge in [-0.1, -0.05) is 32.6 Å². The molecule has 2 aliphatic rings. The summed E-state index contributed by atoms with van der Waals surface area (Å²) < 4.78 is 17.1. The molecular weight excluding hydrogens is 292 g/mol. The molecule has 0 N–H and O–H groups in total. The highest BCUT2D eigenvalue weighted by atomic mass is 16.7. The SMILES string of the molecule is CCCCCCC1COC(C2CCC(C(=O)OCC)CC2)OC1. The van der Waals surface area contributed by atoms with Crippen molar-refractivity contribution in [3.05, 3.63) is 0 Å². The molecule has 1 saturated carbocycles. The van der Waals surface area contributed by atoms with Gasteiger partial charge in [-0.2, -0.15) is 0 Å². The van der Waals surface area contributed by atoms with Gasteiger partial charge in [0.15, 0.2) is 6.29 Å².